The lowest BCUT2D eigenvalue weighted by Crippen LogP contribution is -1.86. The Morgan fingerprint density at radius 2 is 1.28 bits per heavy atom. The van der Waals surface area contributed by atoms with E-state index in [-0.39, 0.29) is 11.5 Å². The third kappa shape index (κ3) is 2.21. The van der Waals surface area contributed by atoms with Crippen molar-refractivity contribution in [3.05, 3.63) is 43.8 Å². The van der Waals surface area contributed by atoms with E-state index >= 15 is 0 Å². The van der Waals surface area contributed by atoms with Crippen molar-refractivity contribution in [1.29, 1.82) is 10.5 Å². The van der Waals surface area contributed by atoms with Crippen LogP contribution >= 0.6 is 22.7 Å². The molecule has 0 aromatic carbocycles. The van der Waals surface area contributed by atoms with Gasteiger partial charge in [0.15, 0.2) is 11.5 Å². The van der Waals surface area contributed by atoms with E-state index in [1.807, 2.05) is 12.1 Å². The lowest BCUT2D eigenvalue weighted by molar-refractivity contribution is 0.462. The van der Waals surface area contributed by atoms with Crippen molar-refractivity contribution in [2.45, 2.75) is 0 Å². The van der Waals surface area contributed by atoms with E-state index in [1.165, 1.54) is 34.8 Å². The molecule has 0 amide bonds. The molecule has 2 N–H and O–H groups in total. The van der Waals surface area contributed by atoms with Gasteiger partial charge in [-0.25, -0.2) is 0 Å². The molecule has 2 aromatic rings. The summed E-state index contributed by atoms with van der Waals surface area (Å²) in [4.78, 5) is 0.826. The molecule has 0 bridgehead atoms. The topological polar surface area (TPSA) is 88.0 Å². The van der Waals surface area contributed by atoms with Crippen LogP contribution in [0.25, 0.3) is 11.5 Å². The fourth-order valence-corrected chi connectivity index (χ4v) is 2.83. The van der Waals surface area contributed by atoms with Crippen LogP contribution in [0, 0.1) is 22.7 Å². The smallest absolute Gasteiger partial charge is 0.176 e. The highest BCUT2D eigenvalue weighted by atomic mass is 32.1. The summed E-state index contributed by atoms with van der Waals surface area (Å²) in [7, 11) is 0. The number of aliphatic hydroxyl groups excluding tert-OH is 2. The molecule has 0 aliphatic rings. The maximum absolute atomic E-state index is 9.89. The zero-order valence-corrected chi connectivity index (χ0v) is 10.5. The first-order valence-electron chi connectivity index (χ1n) is 4.76. The minimum absolute atomic E-state index is 0.284. The Labute approximate surface area is 111 Å². The number of nitriles is 2. The number of thiophene rings is 2. The molecule has 0 spiro atoms. The summed E-state index contributed by atoms with van der Waals surface area (Å²) < 4.78 is 0. The molecular formula is C12H6N2O2S2. The molecule has 0 aliphatic carbocycles. The largest absolute Gasteiger partial charge is 0.503 e. The van der Waals surface area contributed by atoms with Crippen LogP contribution in [0.15, 0.2) is 22.9 Å². The molecule has 0 unspecified atom stereocenters. The minimum atomic E-state index is -0.284. The van der Waals surface area contributed by atoms with Gasteiger partial charge in [-0.1, -0.05) is 0 Å². The summed E-state index contributed by atoms with van der Waals surface area (Å²) in [6.07, 6.45) is 0. The number of hydrogen-bond acceptors (Lipinski definition) is 6. The second-order valence-electron chi connectivity index (χ2n) is 3.32. The molecule has 4 nitrogen and oxygen atoms in total. The van der Waals surface area contributed by atoms with E-state index in [4.69, 9.17) is 10.5 Å². The van der Waals surface area contributed by atoms with Crippen LogP contribution in [-0.4, -0.2) is 10.2 Å². The van der Waals surface area contributed by atoms with Crippen molar-refractivity contribution in [3.63, 3.8) is 0 Å². The lowest BCUT2D eigenvalue weighted by atomic mass is 10.2. The second kappa shape index (κ2) is 4.92. The molecule has 0 radical (unpaired) electrons. The third-order valence-electron chi connectivity index (χ3n) is 2.15. The Balaban J connectivity index is 2.41. The van der Waals surface area contributed by atoms with Gasteiger partial charge < -0.3 is 10.2 Å². The van der Waals surface area contributed by atoms with Crippen molar-refractivity contribution < 1.29 is 10.2 Å². The summed E-state index contributed by atoms with van der Waals surface area (Å²) in [5.41, 5.74) is 0.858. The Bertz CT molecular complexity index is 638. The first-order chi connectivity index (χ1) is 8.65. The van der Waals surface area contributed by atoms with Crippen LogP contribution < -0.4 is 0 Å². The molecule has 2 heterocycles. The van der Waals surface area contributed by atoms with Crippen molar-refractivity contribution in [2.24, 2.45) is 0 Å². The Morgan fingerprint density at radius 1 is 0.889 bits per heavy atom. The average Bonchev–Trinajstić information content (AvgIpc) is 3.05. The Morgan fingerprint density at radius 3 is 1.56 bits per heavy atom. The predicted octanol–water partition coefficient (Wildman–Crippen LogP) is 3.49. The van der Waals surface area contributed by atoms with Crippen LogP contribution in [0.4, 0.5) is 0 Å². The van der Waals surface area contributed by atoms with Crippen molar-refractivity contribution in [3.8, 4) is 12.1 Å². The van der Waals surface area contributed by atoms with Gasteiger partial charge in [-0.3, -0.25) is 0 Å². The monoisotopic (exact) mass is 274 g/mol. The van der Waals surface area contributed by atoms with Gasteiger partial charge in [0, 0.05) is 10.8 Å². The van der Waals surface area contributed by atoms with E-state index in [2.05, 4.69) is 0 Å². The molecule has 0 atom stereocenters. The molecule has 0 saturated carbocycles. The summed E-state index contributed by atoms with van der Waals surface area (Å²) in [5.74, 6) is -0.569. The lowest BCUT2D eigenvalue weighted by Gasteiger charge is -1.99. The molecule has 2 rings (SSSR count). The Kier molecular flexibility index (Phi) is 3.33. The quantitative estimate of drug-likeness (QED) is 0.820. The summed E-state index contributed by atoms with van der Waals surface area (Å²) in [6, 6.07) is 6.89. The first kappa shape index (κ1) is 12.2. The maximum atomic E-state index is 9.89. The van der Waals surface area contributed by atoms with Crippen molar-refractivity contribution in [2.75, 3.05) is 0 Å². The number of aliphatic hydroxyl groups is 2. The molecule has 88 valence electrons. The van der Waals surface area contributed by atoms with Gasteiger partial charge in [-0.05, 0) is 12.1 Å². The number of rotatable bonds is 2. The van der Waals surface area contributed by atoms with Gasteiger partial charge in [-0.15, -0.1) is 22.7 Å². The van der Waals surface area contributed by atoms with E-state index in [0.717, 1.165) is 0 Å². The van der Waals surface area contributed by atoms with E-state index in [9.17, 15) is 10.2 Å². The normalized spacial score (nSPS) is 11.4. The van der Waals surface area contributed by atoms with Crippen LogP contribution in [-0.2, 0) is 0 Å². The minimum Gasteiger partial charge on any atom is -0.503 e. The van der Waals surface area contributed by atoms with Crippen molar-refractivity contribution in [1.82, 2.24) is 0 Å². The maximum Gasteiger partial charge on any atom is 0.176 e. The van der Waals surface area contributed by atoms with Gasteiger partial charge in [-0.2, -0.15) is 10.5 Å². The molecular weight excluding hydrogens is 268 g/mol. The first-order valence-corrected chi connectivity index (χ1v) is 6.52. The van der Waals surface area contributed by atoms with Crippen LogP contribution in [0.2, 0.25) is 0 Å². The summed E-state index contributed by atoms with van der Waals surface area (Å²) in [6.45, 7) is 0. The highest BCUT2D eigenvalue weighted by Gasteiger charge is 2.13. The van der Waals surface area contributed by atoms with E-state index in [0.29, 0.717) is 20.9 Å². The predicted molar refractivity (Wildman–Crippen MR) is 70.1 cm³/mol. The SMILES string of the molecule is N#Cc1csc(/C(O)=C(\O)c2cc(C#N)cs2)c1. The fourth-order valence-electron chi connectivity index (χ4n) is 1.27. The molecule has 0 fully saturated rings. The van der Waals surface area contributed by atoms with Gasteiger partial charge in [0.25, 0.3) is 0 Å². The molecule has 6 heteroatoms. The zero-order chi connectivity index (χ0) is 13.1. The fraction of sp³-hybridized carbons (Fsp3) is 0. The third-order valence-corrected chi connectivity index (χ3v) is 4.02. The van der Waals surface area contributed by atoms with E-state index in [1.54, 1.807) is 10.8 Å². The Hall–Kier alpha value is -2.28. The molecule has 0 aliphatic heterocycles. The van der Waals surface area contributed by atoms with Crippen LogP contribution in [0.3, 0.4) is 0 Å². The number of nitrogens with zero attached hydrogens (tertiary/aromatic N) is 2. The summed E-state index contributed by atoms with van der Waals surface area (Å²) in [5, 5.41) is 40.3. The highest BCUT2D eigenvalue weighted by molar-refractivity contribution is 7.12. The second-order valence-corrected chi connectivity index (χ2v) is 5.14. The van der Waals surface area contributed by atoms with Crippen molar-refractivity contribution >= 4 is 34.2 Å². The van der Waals surface area contributed by atoms with Gasteiger partial charge in [0.1, 0.15) is 12.1 Å². The van der Waals surface area contributed by atoms with Gasteiger partial charge in [0.2, 0.25) is 0 Å². The summed E-state index contributed by atoms with van der Waals surface area (Å²) >= 11 is 2.33. The van der Waals surface area contributed by atoms with E-state index < -0.39 is 0 Å². The zero-order valence-electron chi connectivity index (χ0n) is 8.91. The average molecular weight is 274 g/mol. The molecule has 2 aromatic heterocycles. The van der Waals surface area contributed by atoms with Crippen LogP contribution in [0.5, 0.6) is 0 Å². The molecule has 0 saturated heterocycles. The number of hydrogen-bond donors (Lipinski definition) is 2. The standard InChI is InChI=1S/C12H6N2O2S2/c13-3-7-1-9(17-5-7)11(15)12(16)10-2-8(4-14)6-18-10/h1-2,5-6,15-16H/b12-11+. The highest BCUT2D eigenvalue weighted by Crippen LogP contribution is 2.29. The molecule has 18 heavy (non-hydrogen) atoms. The van der Waals surface area contributed by atoms with Gasteiger partial charge in [0.05, 0.1) is 20.9 Å². The van der Waals surface area contributed by atoms with Gasteiger partial charge >= 0.3 is 0 Å². The van der Waals surface area contributed by atoms with Crippen LogP contribution in [0.1, 0.15) is 20.9 Å².